The second kappa shape index (κ2) is 6.62. The van der Waals surface area contributed by atoms with Crippen LogP contribution in [0.1, 0.15) is 28.1 Å². The molecule has 28 heavy (non-hydrogen) atoms. The number of benzene rings is 1. The molecule has 0 unspecified atom stereocenters. The minimum absolute atomic E-state index is 0.0316. The monoisotopic (exact) mass is 408 g/mol. The predicted molar refractivity (Wildman–Crippen MR) is 99.0 cm³/mol. The van der Waals surface area contributed by atoms with E-state index in [2.05, 4.69) is 9.97 Å². The second-order valence-corrected chi connectivity index (χ2v) is 7.58. The summed E-state index contributed by atoms with van der Waals surface area (Å²) in [5.74, 6) is -0.304. The predicted octanol–water partition coefficient (Wildman–Crippen LogP) is 3.85. The summed E-state index contributed by atoms with van der Waals surface area (Å²) in [4.78, 5) is 20.6. The highest BCUT2D eigenvalue weighted by molar-refractivity contribution is 7.21. The van der Waals surface area contributed by atoms with Crippen LogP contribution in [0.3, 0.4) is 0 Å². The number of ether oxygens (including phenoxy) is 1. The number of hydrogen-bond acceptors (Lipinski definition) is 6. The van der Waals surface area contributed by atoms with Crippen molar-refractivity contribution in [3.8, 4) is 17.3 Å². The Bertz CT molecular complexity index is 1080. The van der Waals surface area contributed by atoms with Gasteiger partial charge in [0.1, 0.15) is 9.71 Å². The number of rotatable bonds is 5. The summed E-state index contributed by atoms with van der Waals surface area (Å²) >= 11 is 0.962. The fourth-order valence-corrected chi connectivity index (χ4v) is 3.72. The molecule has 2 heterocycles. The van der Waals surface area contributed by atoms with Crippen molar-refractivity contribution in [1.29, 1.82) is 0 Å². The zero-order valence-corrected chi connectivity index (χ0v) is 15.2. The van der Waals surface area contributed by atoms with E-state index in [9.17, 15) is 18.0 Å². The molecular formula is C18H15F3N4O2S. The van der Waals surface area contributed by atoms with Crippen LogP contribution in [0.4, 0.5) is 18.9 Å². The van der Waals surface area contributed by atoms with Crippen molar-refractivity contribution >= 4 is 33.1 Å². The first-order valence-electron chi connectivity index (χ1n) is 8.44. The van der Waals surface area contributed by atoms with Crippen molar-refractivity contribution in [3.63, 3.8) is 0 Å². The first-order chi connectivity index (χ1) is 13.2. The fraction of sp³-hybridized carbons (Fsp3) is 0.278. The van der Waals surface area contributed by atoms with Gasteiger partial charge in [-0.25, -0.2) is 0 Å². The highest BCUT2D eigenvalue weighted by atomic mass is 32.1. The molecule has 1 amide bonds. The van der Waals surface area contributed by atoms with Crippen LogP contribution in [0, 0.1) is 5.92 Å². The number of carbonyl (C=O) groups excluding carboxylic acids is 1. The average molecular weight is 408 g/mol. The van der Waals surface area contributed by atoms with E-state index < -0.39 is 17.6 Å². The molecule has 0 radical (unpaired) electrons. The number of halogens is 3. The number of aromatic nitrogens is 2. The number of nitrogens with two attached hydrogens (primary N) is 2. The molecule has 2 aromatic heterocycles. The third-order valence-electron chi connectivity index (χ3n) is 4.40. The largest absolute Gasteiger partial charge is 0.463 e. The summed E-state index contributed by atoms with van der Waals surface area (Å²) in [5, 5.41) is 0.289. The number of thiophene rings is 1. The van der Waals surface area contributed by atoms with E-state index in [4.69, 9.17) is 16.2 Å². The minimum atomic E-state index is -4.51. The second-order valence-electron chi connectivity index (χ2n) is 6.58. The topological polar surface area (TPSA) is 104 Å². The van der Waals surface area contributed by atoms with Gasteiger partial charge in [-0.15, -0.1) is 11.3 Å². The maximum atomic E-state index is 13.1. The molecule has 4 rings (SSSR count). The Balaban J connectivity index is 1.90. The zero-order chi connectivity index (χ0) is 20.1. The molecule has 3 aromatic rings. The molecule has 6 nitrogen and oxygen atoms in total. The molecule has 0 saturated heterocycles. The van der Waals surface area contributed by atoms with Gasteiger partial charge in [0.05, 0.1) is 28.9 Å². The van der Waals surface area contributed by atoms with Crippen molar-refractivity contribution in [2.45, 2.75) is 19.0 Å². The lowest BCUT2D eigenvalue weighted by atomic mass is 10.0. The van der Waals surface area contributed by atoms with Gasteiger partial charge in [0, 0.05) is 5.56 Å². The number of fused-ring (bicyclic) bond motifs is 1. The molecule has 1 aliphatic carbocycles. The minimum Gasteiger partial charge on any atom is -0.463 e. The van der Waals surface area contributed by atoms with Gasteiger partial charge < -0.3 is 16.2 Å². The number of primary amides is 1. The molecule has 10 heteroatoms. The van der Waals surface area contributed by atoms with E-state index in [1.165, 1.54) is 12.1 Å². The van der Waals surface area contributed by atoms with Crippen LogP contribution in [0.25, 0.3) is 21.5 Å². The summed E-state index contributed by atoms with van der Waals surface area (Å²) in [5.41, 5.74) is 11.0. The standard InChI is InChI=1S/C18H15F3N4O2S/c19-18(20,21)10-3-1-2-9(6-10)13-11-12(22)14(15(23)26)28-16(11)25-17(24-13)27-7-8-4-5-8/h1-3,6,8H,4-5,7,22H2,(H2,23,26). The van der Waals surface area contributed by atoms with Crippen molar-refractivity contribution in [3.05, 3.63) is 34.7 Å². The third-order valence-corrected chi connectivity index (χ3v) is 5.51. The molecule has 146 valence electrons. The number of anilines is 1. The van der Waals surface area contributed by atoms with E-state index in [0.29, 0.717) is 17.4 Å². The molecule has 1 aromatic carbocycles. The quantitative estimate of drug-likeness (QED) is 0.667. The normalized spacial score (nSPS) is 14.4. The van der Waals surface area contributed by atoms with Crippen LogP contribution in [0.5, 0.6) is 6.01 Å². The highest BCUT2D eigenvalue weighted by Crippen LogP contribution is 2.40. The third kappa shape index (κ3) is 3.47. The van der Waals surface area contributed by atoms with E-state index in [-0.39, 0.29) is 33.2 Å². The van der Waals surface area contributed by atoms with Crippen LogP contribution in [0.15, 0.2) is 24.3 Å². The van der Waals surface area contributed by atoms with Crippen LogP contribution < -0.4 is 16.2 Å². The SMILES string of the molecule is NC(=O)c1sc2nc(OCC3CC3)nc(-c3cccc(C(F)(F)F)c3)c2c1N. The van der Waals surface area contributed by atoms with E-state index in [1.807, 2.05) is 0 Å². The van der Waals surface area contributed by atoms with Crippen molar-refractivity contribution in [2.75, 3.05) is 12.3 Å². The smallest absolute Gasteiger partial charge is 0.416 e. The van der Waals surface area contributed by atoms with Gasteiger partial charge in [-0.2, -0.15) is 23.1 Å². The maximum Gasteiger partial charge on any atom is 0.416 e. The lowest BCUT2D eigenvalue weighted by Gasteiger charge is -2.11. The number of hydrogen-bond donors (Lipinski definition) is 2. The number of nitrogens with zero attached hydrogens (tertiary/aromatic N) is 2. The number of amides is 1. The van der Waals surface area contributed by atoms with E-state index in [0.717, 1.165) is 36.3 Å². The molecule has 0 atom stereocenters. The number of nitrogen functional groups attached to an aromatic ring is 1. The summed E-state index contributed by atoms with van der Waals surface area (Å²) in [6.07, 6.45) is -2.40. The van der Waals surface area contributed by atoms with Gasteiger partial charge >= 0.3 is 12.2 Å². The Labute approximate surface area is 161 Å². The van der Waals surface area contributed by atoms with Crippen LogP contribution >= 0.6 is 11.3 Å². The zero-order valence-electron chi connectivity index (χ0n) is 14.4. The number of carbonyl (C=O) groups is 1. The lowest BCUT2D eigenvalue weighted by molar-refractivity contribution is -0.137. The molecule has 1 saturated carbocycles. The Hall–Kier alpha value is -2.88. The van der Waals surface area contributed by atoms with Crippen molar-refractivity contribution in [2.24, 2.45) is 11.7 Å². The summed E-state index contributed by atoms with van der Waals surface area (Å²) in [7, 11) is 0. The molecule has 4 N–H and O–H groups in total. The van der Waals surface area contributed by atoms with Crippen LogP contribution in [-0.4, -0.2) is 22.5 Å². The van der Waals surface area contributed by atoms with Gasteiger partial charge in [-0.3, -0.25) is 4.79 Å². The maximum absolute atomic E-state index is 13.1. The van der Waals surface area contributed by atoms with Gasteiger partial charge in [0.15, 0.2) is 0 Å². The Morgan fingerprint density at radius 1 is 1.29 bits per heavy atom. The first kappa shape index (κ1) is 18.5. The number of alkyl halides is 3. The van der Waals surface area contributed by atoms with Crippen LogP contribution in [0.2, 0.25) is 0 Å². The van der Waals surface area contributed by atoms with Crippen molar-refractivity contribution in [1.82, 2.24) is 9.97 Å². The Morgan fingerprint density at radius 3 is 2.68 bits per heavy atom. The molecule has 0 aliphatic heterocycles. The lowest BCUT2D eigenvalue weighted by Crippen LogP contribution is -2.10. The molecule has 1 fully saturated rings. The molecule has 0 bridgehead atoms. The molecule has 1 aliphatic rings. The van der Waals surface area contributed by atoms with Gasteiger partial charge in [0.25, 0.3) is 5.91 Å². The average Bonchev–Trinajstić information content (AvgIpc) is 3.41. The van der Waals surface area contributed by atoms with E-state index in [1.54, 1.807) is 0 Å². The highest BCUT2D eigenvalue weighted by Gasteiger charge is 2.31. The molecule has 0 spiro atoms. The summed E-state index contributed by atoms with van der Waals surface area (Å²) < 4.78 is 45.0. The molecular weight excluding hydrogens is 393 g/mol. The first-order valence-corrected chi connectivity index (χ1v) is 9.26. The van der Waals surface area contributed by atoms with Gasteiger partial charge in [0.2, 0.25) is 0 Å². The van der Waals surface area contributed by atoms with Crippen molar-refractivity contribution < 1.29 is 22.7 Å². The fourth-order valence-electron chi connectivity index (χ4n) is 2.78. The Morgan fingerprint density at radius 2 is 2.04 bits per heavy atom. The Kier molecular flexibility index (Phi) is 4.37. The van der Waals surface area contributed by atoms with Gasteiger partial charge in [-0.1, -0.05) is 12.1 Å². The van der Waals surface area contributed by atoms with Gasteiger partial charge in [-0.05, 0) is 30.9 Å². The van der Waals surface area contributed by atoms with E-state index >= 15 is 0 Å². The van der Waals surface area contributed by atoms with Crippen LogP contribution in [-0.2, 0) is 6.18 Å². The summed E-state index contributed by atoms with van der Waals surface area (Å²) in [6.45, 7) is 0.428. The summed E-state index contributed by atoms with van der Waals surface area (Å²) in [6, 6.07) is 4.76.